The fourth-order valence-electron chi connectivity index (χ4n) is 2.70. The highest BCUT2D eigenvalue weighted by atomic mass is 16.6. The third-order valence-corrected chi connectivity index (χ3v) is 3.80. The first-order chi connectivity index (χ1) is 11.6. The molecule has 0 saturated carbocycles. The maximum Gasteiger partial charge on any atom is 0.411 e. The Balaban J connectivity index is 3.14. The fraction of sp³-hybridized carbons (Fsp3) is 0.833. The first-order valence-corrected chi connectivity index (χ1v) is 8.84. The van der Waals surface area contributed by atoms with Gasteiger partial charge in [0.1, 0.15) is 11.2 Å². The molecule has 150 valence electrons. The second kappa shape index (κ2) is 7.72. The van der Waals surface area contributed by atoms with Gasteiger partial charge in [0.05, 0.1) is 12.6 Å². The van der Waals surface area contributed by atoms with Gasteiger partial charge in [0.2, 0.25) is 0 Å². The largest absolute Gasteiger partial charge is 0.480 e. The van der Waals surface area contributed by atoms with Crippen molar-refractivity contribution in [3.8, 4) is 0 Å². The average molecular weight is 372 g/mol. The van der Waals surface area contributed by atoms with Gasteiger partial charge in [-0.15, -0.1) is 0 Å². The summed E-state index contributed by atoms with van der Waals surface area (Å²) in [5.74, 6) is -1.26. The van der Waals surface area contributed by atoms with Gasteiger partial charge in [-0.3, -0.25) is 4.90 Å². The summed E-state index contributed by atoms with van der Waals surface area (Å²) in [5.41, 5.74) is -1.44. The predicted octanol–water partition coefficient (Wildman–Crippen LogP) is 2.95. The minimum atomic E-state index is -1.20. The molecule has 0 spiro atoms. The van der Waals surface area contributed by atoms with E-state index in [4.69, 9.17) is 9.47 Å². The topological polar surface area (TPSA) is 96.4 Å². The molecule has 8 nitrogen and oxygen atoms in total. The van der Waals surface area contributed by atoms with Crippen molar-refractivity contribution in [1.82, 2.24) is 9.80 Å². The monoisotopic (exact) mass is 372 g/mol. The zero-order valence-corrected chi connectivity index (χ0v) is 17.0. The van der Waals surface area contributed by atoms with E-state index in [2.05, 4.69) is 0 Å². The molecule has 1 unspecified atom stereocenters. The van der Waals surface area contributed by atoms with Crippen LogP contribution in [0.4, 0.5) is 9.59 Å². The summed E-state index contributed by atoms with van der Waals surface area (Å²) in [6.07, 6.45) is -1.27. The van der Waals surface area contributed by atoms with E-state index in [1.807, 2.05) is 13.8 Å². The summed E-state index contributed by atoms with van der Waals surface area (Å²) < 4.78 is 10.8. The third kappa shape index (κ3) is 6.07. The van der Waals surface area contributed by atoms with E-state index in [1.165, 1.54) is 9.80 Å². The van der Waals surface area contributed by atoms with Crippen LogP contribution in [0.1, 0.15) is 55.4 Å². The van der Waals surface area contributed by atoms with Crippen LogP contribution < -0.4 is 0 Å². The van der Waals surface area contributed by atoms with Crippen LogP contribution in [0.25, 0.3) is 0 Å². The standard InChI is InChI=1S/C18H32N2O6/c1-11(2)12-9-19(15(23)25-17(3,4)5)10-13(14(21)22)20(12)16(24)26-18(6,7)8/h11-13H,9-10H2,1-8H3,(H,21,22)/t12?,13-/m1/s1. The van der Waals surface area contributed by atoms with Crippen LogP contribution in [0.2, 0.25) is 0 Å². The highest BCUT2D eigenvalue weighted by Crippen LogP contribution is 2.26. The van der Waals surface area contributed by atoms with Crippen LogP contribution in [0.15, 0.2) is 0 Å². The molecule has 1 N–H and O–H groups in total. The van der Waals surface area contributed by atoms with Gasteiger partial charge in [-0.2, -0.15) is 0 Å². The van der Waals surface area contributed by atoms with E-state index < -0.39 is 41.4 Å². The fourth-order valence-corrected chi connectivity index (χ4v) is 2.70. The smallest absolute Gasteiger partial charge is 0.411 e. The predicted molar refractivity (Wildman–Crippen MR) is 95.9 cm³/mol. The quantitative estimate of drug-likeness (QED) is 0.800. The summed E-state index contributed by atoms with van der Waals surface area (Å²) in [7, 11) is 0. The number of nitrogens with zero attached hydrogens (tertiary/aromatic N) is 2. The van der Waals surface area contributed by atoms with Crippen molar-refractivity contribution in [3.05, 3.63) is 0 Å². The zero-order valence-electron chi connectivity index (χ0n) is 17.0. The van der Waals surface area contributed by atoms with Gasteiger partial charge in [0.25, 0.3) is 0 Å². The second-order valence-electron chi connectivity index (χ2n) is 8.94. The van der Waals surface area contributed by atoms with Crippen LogP contribution in [0.3, 0.4) is 0 Å². The molecular formula is C18H32N2O6. The van der Waals surface area contributed by atoms with Crippen LogP contribution in [-0.4, -0.2) is 69.4 Å². The van der Waals surface area contributed by atoms with Crippen molar-refractivity contribution in [2.24, 2.45) is 5.92 Å². The number of hydrogen-bond donors (Lipinski definition) is 1. The molecule has 1 fully saturated rings. The number of rotatable bonds is 2. The molecule has 2 amide bonds. The van der Waals surface area contributed by atoms with Gasteiger partial charge in [0, 0.05) is 6.54 Å². The summed E-state index contributed by atoms with van der Waals surface area (Å²) in [5, 5.41) is 9.66. The van der Waals surface area contributed by atoms with E-state index in [-0.39, 0.29) is 19.0 Å². The van der Waals surface area contributed by atoms with Gasteiger partial charge >= 0.3 is 18.2 Å². The minimum Gasteiger partial charge on any atom is -0.480 e. The molecule has 0 aromatic rings. The third-order valence-electron chi connectivity index (χ3n) is 3.80. The van der Waals surface area contributed by atoms with Gasteiger partial charge in [-0.25, -0.2) is 14.4 Å². The molecular weight excluding hydrogens is 340 g/mol. The number of amides is 2. The number of aliphatic carboxylic acids is 1. The maximum atomic E-state index is 12.7. The maximum absolute atomic E-state index is 12.7. The van der Waals surface area contributed by atoms with E-state index in [1.54, 1.807) is 41.5 Å². The van der Waals surface area contributed by atoms with Crippen LogP contribution in [-0.2, 0) is 14.3 Å². The molecule has 1 saturated heterocycles. The van der Waals surface area contributed by atoms with Gasteiger partial charge < -0.3 is 19.5 Å². The first-order valence-electron chi connectivity index (χ1n) is 8.84. The Kier molecular flexibility index (Phi) is 6.54. The Labute approximate surface area is 155 Å². The Bertz CT molecular complexity index is 547. The minimum absolute atomic E-state index is 0.0744. The van der Waals surface area contributed by atoms with Crippen molar-refractivity contribution in [3.63, 3.8) is 0 Å². The van der Waals surface area contributed by atoms with Crippen molar-refractivity contribution in [2.45, 2.75) is 78.7 Å². The normalized spacial score (nSPS) is 21.6. The molecule has 1 aliphatic rings. The number of ether oxygens (including phenoxy) is 2. The molecule has 1 aliphatic heterocycles. The Morgan fingerprint density at radius 3 is 1.77 bits per heavy atom. The summed E-state index contributed by atoms with van der Waals surface area (Å²) >= 11 is 0. The van der Waals surface area contributed by atoms with Crippen LogP contribution >= 0.6 is 0 Å². The zero-order chi connectivity index (χ0) is 20.4. The summed E-state index contributed by atoms with van der Waals surface area (Å²) in [6, 6.07) is -1.69. The van der Waals surface area contributed by atoms with Crippen LogP contribution in [0.5, 0.6) is 0 Å². The lowest BCUT2D eigenvalue weighted by molar-refractivity contribution is -0.147. The lowest BCUT2D eigenvalue weighted by atomic mass is 9.97. The molecule has 0 aromatic heterocycles. The van der Waals surface area contributed by atoms with Gasteiger partial charge in [0.15, 0.2) is 6.04 Å². The molecule has 0 aliphatic carbocycles. The van der Waals surface area contributed by atoms with Crippen molar-refractivity contribution >= 4 is 18.2 Å². The first kappa shape index (κ1) is 22.1. The lowest BCUT2D eigenvalue weighted by Crippen LogP contribution is -2.66. The second-order valence-corrected chi connectivity index (χ2v) is 8.94. The molecule has 1 heterocycles. The van der Waals surface area contributed by atoms with E-state index >= 15 is 0 Å². The lowest BCUT2D eigenvalue weighted by Gasteiger charge is -2.46. The average Bonchev–Trinajstić information content (AvgIpc) is 2.41. The van der Waals surface area contributed by atoms with Crippen LogP contribution in [0, 0.1) is 5.92 Å². The molecule has 0 radical (unpaired) electrons. The molecule has 0 bridgehead atoms. The number of carboxylic acids is 1. The van der Waals surface area contributed by atoms with E-state index in [0.29, 0.717) is 0 Å². The Morgan fingerprint density at radius 1 is 0.923 bits per heavy atom. The van der Waals surface area contributed by atoms with Crippen molar-refractivity contribution in [2.75, 3.05) is 13.1 Å². The molecule has 1 rings (SSSR count). The number of hydrogen-bond acceptors (Lipinski definition) is 5. The van der Waals surface area contributed by atoms with E-state index in [9.17, 15) is 19.5 Å². The summed E-state index contributed by atoms with van der Waals surface area (Å²) in [6.45, 7) is 14.2. The molecule has 26 heavy (non-hydrogen) atoms. The van der Waals surface area contributed by atoms with Crippen molar-refractivity contribution in [1.29, 1.82) is 0 Å². The number of carboxylic acid groups (broad SMARTS) is 1. The highest BCUT2D eigenvalue weighted by molar-refractivity contribution is 5.82. The van der Waals surface area contributed by atoms with Crippen molar-refractivity contribution < 1.29 is 29.0 Å². The SMILES string of the molecule is CC(C)C1CN(C(=O)OC(C)(C)C)C[C@H](C(=O)O)N1C(=O)OC(C)(C)C. The highest BCUT2D eigenvalue weighted by Gasteiger charge is 2.46. The Hall–Kier alpha value is -1.99. The molecule has 8 heteroatoms. The number of carbonyl (C=O) groups is 3. The molecule has 2 atom stereocenters. The summed E-state index contributed by atoms with van der Waals surface area (Å²) in [4.78, 5) is 39.5. The number of piperazine rings is 1. The van der Waals surface area contributed by atoms with Gasteiger partial charge in [-0.1, -0.05) is 13.8 Å². The molecule has 0 aromatic carbocycles. The Morgan fingerprint density at radius 2 is 1.38 bits per heavy atom. The number of carbonyl (C=O) groups excluding carboxylic acids is 2. The van der Waals surface area contributed by atoms with Gasteiger partial charge in [-0.05, 0) is 47.5 Å². The van der Waals surface area contributed by atoms with E-state index in [0.717, 1.165) is 0 Å².